The van der Waals surface area contributed by atoms with Gasteiger partial charge in [0.15, 0.2) is 0 Å². The second-order valence-electron chi connectivity index (χ2n) is 4.27. The largest absolute Gasteiger partial charge is 0.492 e. The van der Waals surface area contributed by atoms with Gasteiger partial charge in [0.25, 0.3) is 0 Å². The molecule has 0 aliphatic carbocycles. The van der Waals surface area contributed by atoms with E-state index in [0.29, 0.717) is 19.5 Å². The Morgan fingerprint density at radius 1 is 1.47 bits per heavy atom. The third kappa shape index (κ3) is 2.27. The highest BCUT2D eigenvalue weighted by atomic mass is 19.4. The molecule has 0 spiro atoms. The lowest BCUT2D eigenvalue weighted by Gasteiger charge is -2.38. The highest BCUT2D eigenvalue weighted by Crippen LogP contribution is 2.28. The Kier molecular flexibility index (Phi) is 2.66. The number of carbonyl (C=O) groups excluding carboxylic acids is 1. The Hall–Kier alpha value is -0.715. The third-order valence-corrected chi connectivity index (χ3v) is 3.16. The number of hydrogen-bond acceptors (Lipinski definition) is 2. The maximum absolute atomic E-state index is 12.3. The zero-order valence-corrected chi connectivity index (χ0v) is 8.26. The molecule has 2 heterocycles. The van der Waals surface area contributed by atoms with E-state index in [1.54, 1.807) is 0 Å². The van der Waals surface area contributed by atoms with E-state index >= 15 is 0 Å². The molecule has 2 atom stereocenters. The average Bonchev–Trinajstić information content (AvgIpc) is 2.47. The summed E-state index contributed by atoms with van der Waals surface area (Å²) in [5.41, 5.74) is 0. The number of amides is 1. The minimum absolute atomic E-state index is 0.0839. The molecule has 86 valence electrons. The van der Waals surface area contributed by atoms with Crippen LogP contribution in [0.5, 0.6) is 0 Å². The van der Waals surface area contributed by atoms with Crippen molar-refractivity contribution in [1.82, 2.24) is 10.2 Å². The van der Waals surface area contributed by atoms with Gasteiger partial charge in [-0.05, 0) is 25.8 Å². The molecule has 2 rings (SSSR count). The van der Waals surface area contributed by atoms with Crippen LogP contribution in [0.15, 0.2) is 0 Å². The molecule has 0 aromatic carbocycles. The van der Waals surface area contributed by atoms with Crippen LogP contribution in [0.2, 0.25) is 0 Å². The number of carbonyl (C=O) groups is 1. The first-order valence-electron chi connectivity index (χ1n) is 5.20. The van der Waals surface area contributed by atoms with Gasteiger partial charge in [-0.15, -0.1) is 0 Å². The molecule has 0 bridgehead atoms. The molecule has 2 fully saturated rings. The van der Waals surface area contributed by atoms with Gasteiger partial charge < -0.3 is 23.2 Å². The van der Waals surface area contributed by atoms with Gasteiger partial charge in [-0.3, -0.25) is 4.79 Å². The van der Waals surface area contributed by atoms with Crippen molar-refractivity contribution in [1.29, 1.82) is 0 Å². The molecule has 2 unspecified atom stereocenters. The second-order valence-corrected chi connectivity index (χ2v) is 4.27. The summed E-state index contributed by atoms with van der Waals surface area (Å²) in [5, 5.41) is 2.64. The van der Waals surface area contributed by atoms with Crippen LogP contribution in [-0.2, 0) is 4.79 Å². The van der Waals surface area contributed by atoms with Crippen molar-refractivity contribution >= 4 is 12.9 Å². The summed E-state index contributed by atoms with van der Waals surface area (Å²) < 4.78 is 36.9. The van der Waals surface area contributed by atoms with Crippen LogP contribution in [0.3, 0.4) is 0 Å². The standard InChI is InChI=1S/C8H13BF3N2O/c10-9(11,12)5-14-3-1-2-6-7(14)4-13-8(6)15/h6-7H,1-5H2,(H,13,15)/q-1. The number of halogens is 3. The first-order valence-corrected chi connectivity index (χ1v) is 5.20. The molecule has 2 saturated heterocycles. The maximum atomic E-state index is 12.3. The molecule has 1 N–H and O–H groups in total. The van der Waals surface area contributed by atoms with Crippen LogP contribution >= 0.6 is 0 Å². The quantitative estimate of drug-likeness (QED) is 0.692. The van der Waals surface area contributed by atoms with Gasteiger partial charge in [0.2, 0.25) is 5.91 Å². The predicted octanol–water partition coefficient (Wildman–Crippen LogP) is 0.583. The van der Waals surface area contributed by atoms with E-state index in [9.17, 15) is 17.7 Å². The Bertz CT molecular complexity index is 271. The van der Waals surface area contributed by atoms with Crippen molar-refractivity contribution in [2.45, 2.75) is 18.9 Å². The molecule has 15 heavy (non-hydrogen) atoms. The number of nitrogens with zero attached hydrogens (tertiary/aromatic N) is 1. The molecule has 2 aliphatic heterocycles. The fraction of sp³-hybridized carbons (Fsp3) is 0.875. The van der Waals surface area contributed by atoms with Crippen molar-refractivity contribution in [3.63, 3.8) is 0 Å². The summed E-state index contributed by atoms with van der Waals surface area (Å²) in [5.74, 6) is -0.309. The molecular weight excluding hydrogens is 208 g/mol. The molecule has 3 nitrogen and oxygen atoms in total. The van der Waals surface area contributed by atoms with Crippen molar-refractivity contribution < 1.29 is 17.7 Å². The zero-order chi connectivity index (χ0) is 11.1. The second kappa shape index (κ2) is 3.70. The lowest BCUT2D eigenvalue weighted by atomic mass is 9.85. The highest BCUT2D eigenvalue weighted by Gasteiger charge is 2.42. The lowest BCUT2D eigenvalue weighted by Crippen LogP contribution is -2.50. The van der Waals surface area contributed by atoms with E-state index in [4.69, 9.17) is 0 Å². The molecular formula is C8H13BF3N2O-. The summed E-state index contributed by atoms with van der Waals surface area (Å²) in [7, 11) is 0. The van der Waals surface area contributed by atoms with E-state index in [-0.39, 0.29) is 17.9 Å². The molecule has 7 heteroatoms. The number of fused-ring (bicyclic) bond motifs is 1. The van der Waals surface area contributed by atoms with Crippen LogP contribution in [0.1, 0.15) is 12.8 Å². The predicted molar refractivity (Wildman–Crippen MR) is 50.2 cm³/mol. The minimum atomic E-state index is -4.79. The number of likely N-dealkylation sites (tertiary alicyclic amines) is 1. The first kappa shape index (κ1) is 10.8. The van der Waals surface area contributed by atoms with E-state index in [0.717, 1.165) is 6.42 Å². The Labute approximate surface area is 86.1 Å². The van der Waals surface area contributed by atoms with Gasteiger partial charge >= 0.3 is 6.98 Å². The molecule has 0 saturated carbocycles. The van der Waals surface area contributed by atoms with Crippen LogP contribution < -0.4 is 5.32 Å². The van der Waals surface area contributed by atoms with E-state index in [2.05, 4.69) is 5.32 Å². The summed E-state index contributed by atoms with van der Waals surface area (Å²) in [6.45, 7) is -3.96. The molecule has 0 radical (unpaired) electrons. The fourth-order valence-corrected chi connectivity index (χ4v) is 2.53. The lowest BCUT2D eigenvalue weighted by molar-refractivity contribution is -0.124. The van der Waals surface area contributed by atoms with Gasteiger partial charge in [0.05, 0.1) is 5.92 Å². The zero-order valence-electron chi connectivity index (χ0n) is 8.26. The number of piperidine rings is 1. The van der Waals surface area contributed by atoms with Crippen LogP contribution in [0, 0.1) is 5.92 Å². The van der Waals surface area contributed by atoms with E-state index < -0.39 is 13.4 Å². The van der Waals surface area contributed by atoms with Crippen LogP contribution in [0.4, 0.5) is 12.9 Å². The van der Waals surface area contributed by atoms with Crippen molar-refractivity contribution in [3.05, 3.63) is 0 Å². The highest BCUT2D eigenvalue weighted by molar-refractivity contribution is 6.58. The first-order chi connectivity index (χ1) is 6.97. The monoisotopic (exact) mass is 221 g/mol. The SMILES string of the molecule is O=C1NCC2C1CCCN2C[B-](F)(F)F. The molecule has 1 amide bonds. The summed E-state index contributed by atoms with van der Waals surface area (Å²) in [6.07, 6.45) is 0.564. The van der Waals surface area contributed by atoms with Crippen molar-refractivity contribution in [2.24, 2.45) is 5.92 Å². The van der Waals surface area contributed by atoms with Crippen LogP contribution in [-0.4, -0.2) is 43.4 Å². The van der Waals surface area contributed by atoms with Crippen molar-refractivity contribution in [2.75, 3.05) is 19.5 Å². The summed E-state index contributed by atoms with van der Waals surface area (Å²) in [6, 6.07) is -0.241. The van der Waals surface area contributed by atoms with E-state index in [1.165, 1.54) is 4.90 Å². The van der Waals surface area contributed by atoms with Crippen molar-refractivity contribution in [3.8, 4) is 0 Å². The van der Waals surface area contributed by atoms with Gasteiger partial charge in [0, 0.05) is 12.6 Å². The fourth-order valence-electron chi connectivity index (χ4n) is 2.53. The summed E-state index contributed by atoms with van der Waals surface area (Å²) >= 11 is 0. The number of rotatable bonds is 2. The molecule has 2 aliphatic rings. The Morgan fingerprint density at radius 2 is 2.20 bits per heavy atom. The average molecular weight is 221 g/mol. The van der Waals surface area contributed by atoms with Gasteiger partial charge in [0.1, 0.15) is 0 Å². The van der Waals surface area contributed by atoms with E-state index in [1.807, 2.05) is 0 Å². The van der Waals surface area contributed by atoms with Gasteiger partial charge in [-0.1, -0.05) is 0 Å². The maximum Gasteiger partial charge on any atom is 0.492 e. The molecule has 0 aromatic heterocycles. The summed E-state index contributed by atoms with van der Waals surface area (Å²) in [4.78, 5) is 12.7. The normalized spacial score (nSPS) is 32.6. The molecule has 0 aromatic rings. The number of nitrogens with one attached hydrogen (secondary N) is 1. The smallest absolute Gasteiger partial charge is 0.448 e. The Morgan fingerprint density at radius 3 is 2.87 bits per heavy atom. The van der Waals surface area contributed by atoms with Gasteiger partial charge in [-0.25, -0.2) is 0 Å². The minimum Gasteiger partial charge on any atom is -0.448 e. The topological polar surface area (TPSA) is 32.3 Å². The van der Waals surface area contributed by atoms with Crippen LogP contribution in [0.25, 0.3) is 0 Å². The Balaban J connectivity index is 2.03. The van der Waals surface area contributed by atoms with Gasteiger partial charge in [-0.2, -0.15) is 0 Å². The number of hydrogen-bond donors (Lipinski definition) is 1. The third-order valence-electron chi connectivity index (χ3n) is 3.16.